The lowest BCUT2D eigenvalue weighted by atomic mass is 10.1. The normalized spacial score (nSPS) is 11.4. The van der Waals surface area contributed by atoms with E-state index < -0.39 is 0 Å². The van der Waals surface area contributed by atoms with Crippen LogP contribution in [-0.4, -0.2) is 19.6 Å². The van der Waals surface area contributed by atoms with Crippen LogP contribution in [0.2, 0.25) is 0 Å². The summed E-state index contributed by atoms with van der Waals surface area (Å²) in [6.07, 6.45) is 1.78. The Morgan fingerprint density at radius 2 is 1.95 bits per heavy atom. The number of hydrogen-bond donors (Lipinski definition) is 1. The maximum absolute atomic E-state index is 9.91. The Morgan fingerprint density at radius 3 is 2.70 bits per heavy atom. The van der Waals surface area contributed by atoms with Gasteiger partial charge in [-0.2, -0.15) is 0 Å². The third kappa shape index (κ3) is 1.84. The standard InChI is InChI=1S/C16H17N3O/c1-10(2)19-15(12-6-4-8-14(20)11(12)3)18-13-7-5-9-17-16(13)19/h4-10,20H,1-3H3. The highest BCUT2D eigenvalue weighted by Gasteiger charge is 2.17. The van der Waals surface area contributed by atoms with Crippen molar-refractivity contribution < 1.29 is 5.11 Å². The summed E-state index contributed by atoms with van der Waals surface area (Å²) in [5.41, 5.74) is 3.53. The molecule has 0 fully saturated rings. The van der Waals surface area contributed by atoms with Gasteiger partial charge in [-0.05, 0) is 39.0 Å². The molecule has 0 aliphatic rings. The number of phenols is 1. The lowest BCUT2D eigenvalue weighted by Crippen LogP contribution is -2.04. The fraction of sp³-hybridized carbons (Fsp3) is 0.250. The predicted molar refractivity (Wildman–Crippen MR) is 79.8 cm³/mol. The number of rotatable bonds is 2. The van der Waals surface area contributed by atoms with Crippen LogP contribution in [0.1, 0.15) is 25.5 Å². The fourth-order valence-electron chi connectivity index (χ4n) is 2.47. The van der Waals surface area contributed by atoms with Crippen molar-refractivity contribution in [2.24, 2.45) is 0 Å². The van der Waals surface area contributed by atoms with Gasteiger partial charge in [-0.25, -0.2) is 9.97 Å². The van der Waals surface area contributed by atoms with Gasteiger partial charge in [0.15, 0.2) is 5.65 Å². The van der Waals surface area contributed by atoms with E-state index in [9.17, 15) is 5.11 Å². The first-order chi connectivity index (χ1) is 9.59. The molecule has 2 aromatic heterocycles. The third-order valence-corrected chi connectivity index (χ3v) is 3.51. The van der Waals surface area contributed by atoms with Gasteiger partial charge < -0.3 is 9.67 Å². The van der Waals surface area contributed by atoms with Crippen LogP contribution < -0.4 is 0 Å². The monoisotopic (exact) mass is 267 g/mol. The Bertz CT molecular complexity index is 774. The molecule has 0 aliphatic heterocycles. The van der Waals surface area contributed by atoms with Gasteiger partial charge >= 0.3 is 0 Å². The van der Waals surface area contributed by atoms with Gasteiger partial charge in [-0.3, -0.25) is 0 Å². The molecule has 4 nitrogen and oxygen atoms in total. The van der Waals surface area contributed by atoms with E-state index in [0.29, 0.717) is 0 Å². The van der Waals surface area contributed by atoms with Crippen LogP contribution in [0.5, 0.6) is 5.75 Å². The number of aromatic nitrogens is 3. The highest BCUT2D eigenvalue weighted by atomic mass is 16.3. The average Bonchev–Trinajstić information content (AvgIpc) is 2.81. The van der Waals surface area contributed by atoms with Crippen molar-refractivity contribution in [3.8, 4) is 17.1 Å². The molecular formula is C16H17N3O. The Balaban J connectivity index is 2.36. The first-order valence-corrected chi connectivity index (χ1v) is 6.71. The first kappa shape index (κ1) is 12.7. The number of nitrogens with zero attached hydrogens (tertiary/aromatic N) is 3. The minimum Gasteiger partial charge on any atom is -0.508 e. The molecule has 0 aliphatic carbocycles. The molecule has 0 saturated heterocycles. The SMILES string of the molecule is Cc1c(O)cccc1-c1nc2cccnc2n1C(C)C. The van der Waals surface area contributed by atoms with E-state index in [1.807, 2.05) is 31.2 Å². The molecule has 4 heteroatoms. The third-order valence-electron chi connectivity index (χ3n) is 3.51. The summed E-state index contributed by atoms with van der Waals surface area (Å²) in [6.45, 7) is 6.12. The van der Waals surface area contributed by atoms with Crippen molar-refractivity contribution in [1.29, 1.82) is 0 Å². The fourth-order valence-corrected chi connectivity index (χ4v) is 2.47. The van der Waals surface area contributed by atoms with Gasteiger partial charge in [-0.1, -0.05) is 12.1 Å². The molecule has 2 heterocycles. The van der Waals surface area contributed by atoms with Gasteiger partial charge in [0.2, 0.25) is 0 Å². The molecule has 3 rings (SSSR count). The maximum Gasteiger partial charge on any atom is 0.160 e. The van der Waals surface area contributed by atoms with Gasteiger partial charge in [-0.15, -0.1) is 0 Å². The number of aromatic hydroxyl groups is 1. The lowest BCUT2D eigenvalue weighted by Gasteiger charge is -2.14. The second kappa shape index (κ2) is 4.63. The average molecular weight is 267 g/mol. The molecular weight excluding hydrogens is 250 g/mol. The quantitative estimate of drug-likeness (QED) is 0.770. The predicted octanol–water partition coefficient (Wildman–Crippen LogP) is 3.69. The zero-order valence-corrected chi connectivity index (χ0v) is 11.8. The molecule has 3 aromatic rings. The number of imidazole rings is 1. The van der Waals surface area contributed by atoms with Crippen LogP contribution in [-0.2, 0) is 0 Å². The molecule has 0 spiro atoms. The van der Waals surface area contributed by atoms with Gasteiger partial charge in [0.05, 0.1) is 0 Å². The maximum atomic E-state index is 9.91. The van der Waals surface area contributed by atoms with Crippen LogP contribution in [0.4, 0.5) is 0 Å². The topological polar surface area (TPSA) is 50.9 Å². The summed E-state index contributed by atoms with van der Waals surface area (Å²) in [5, 5.41) is 9.91. The van der Waals surface area contributed by atoms with Crippen molar-refractivity contribution in [3.05, 3.63) is 42.1 Å². The Kier molecular flexibility index (Phi) is 2.93. The summed E-state index contributed by atoms with van der Waals surface area (Å²) < 4.78 is 2.11. The number of pyridine rings is 1. The van der Waals surface area contributed by atoms with Gasteiger partial charge in [0.25, 0.3) is 0 Å². The Morgan fingerprint density at radius 1 is 1.15 bits per heavy atom. The molecule has 102 valence electrons. The molecule has 20 heavy (non-hydrogen) atoms. The molecule has 1 aromatic carbocycles. The van der Waals surface area contributed by atoms with Crippen LogP contribution in [0, 0.1) is 6.92 Å². The van der Waals surface area contributed by atoms with Crippen molar-refractivity contribution in [1.82, 2.24) is 14.5 Å². The van der Waals surface area contributed by atoms with Crippen LogP contribution in [0.15, 0.2) is 36.5 Å². The van der Waals surface area contributed by atoms with E-state index in [2.05, 4.69) is 23.4 Å². The highest BCUT2D eigenvalue weighted by molar-refractivity contribution is 5.78. The molecule has 0 unspecified atom stereocenters. The van der Waals surface area contributed by atoms with E-state index in [1.54, 1.807) is 12.3 Å². The molecule has 0 amide bonds. The molecule has 0 atom stereocenters. The molecule has 1 N–H and O–H groups in total. The zero-order valence-electron chi connectivity index (χ0n) is 11.8. The summed E-state index contributed by atoms with van der Waals surface area (Å²) in [4.78, 5) is 9.13. The molecule has 0 saturated carbocycles. The minimum atomic E-state index is 0.242. The minimum absolute atomic E-state index is 0.242. The number of fused-ring (bicyclic) bond motifs is 1. The van der Waals surface area contributed by atoms with E-state index in [4.69, 9.17) is 4.98 Å². The molecule has 0 radical (unpaired) electrons. The highest BCUT2D eigenvalue weighted by Crippen LogP contribution is 2.32. The first-order valence-electron chi connectivity index (χ1n) is 6.71. The largest absolute Gasteiger partial charge is 0.508 e. The smallest absolute Gasteiger partial charge is 0.160 e. The lowest BCUT2D eigenvalue weighted by molar-refractivity contribution is 0.471. The van der Waals surface area contributed by atoms with Crippen molar-refractivity contribution >= 4 is 11.2 Å². The number of benzene rings is 1. The van der Waals surface area contributed by atoms with Crippen LogP contribution >= 0.6 is 0 Å². The van der Waals surface area contributed by atoms with Crippen molar-refractivity contribution in [2.45, 2.75) is 26.8 Å². The summed E-state index contributed by atoms with van der Waals surface area (Å²) in [5.74, 6) is 1.14. The number of phenolic OH excluding ortho intramolecular Hbond substituents is 1. The van der Waals surface area contributed by atoms with Crippen molar-refractivity contribution in [2.75, 3.05) is 0 Å². The van der Waals surface area contributed by atoms with Crippen LogP contribution in [0.3, 0.4) is 0 Å². The van der Waals surface area contributed by atoms with Crippen molar-refractivity contribution in [3.63, 3.8) is 0 Å². The van der Waals surface area contributed by atoms with Crippen LogP contribution in [0.25, 0.3) is 22.6 Å². The van der Waals surface area contributed by atoms with E-state index in [0.717, 1.165) is 28.1 Å². The molecule has 0 bridgehead atoms. The summed E-state index contributed by atoms with van der Waals surface area (Å²) >= 11 is 0. The zero-order chi connectivity index (χ0) is 14.3. The second-order valence-electron chi connectivity index (χ2n) is 5.19. The van der Waals surface area contributed by atoms with Gasteiger partial charge in [0.1, 0.15) is 17.1 Å². The Labute approximate surface area is 117 Å². The van der Waals surface area contributed by atoms with E-state index in [-0.39, 0.29) is 11.8 Å². The second-order valence-corrected chi connectivity index (χ2v) is 5.19. The summed E-state index contributed by atoms with van der Waals surface area (Å²) in [6, 6.07) is 9.61. The number of hydrogen-bond acceptors (Lipinski definition) is 3. The van der Waals surface area contributed by atoms with E-state index in [1.165, 1.54) is 0 Å². The van der Waals surface area contributed by atoms with E-state index >= 15 is 0 Å². The summed E-state index contributed by atoms with van der Waals surface area (Å²) in [7, 11) is 0. The van der Waals surface area contributed by atoms with Gasteiger partial charge in [0, 0.05) is 23.4 Å². The Hall–Kier alpha value is -2.36.